The van der Waals surface area contributed by atoms with Crippen molar-refractivity contribution in [3.05, 3.63) is 35.1 Å². The molecule has 0 amide bonds. The molecule has 0 saturated carbocycles. The molecule has 19 heavy (non-hydrogen) atoms. The highest BCUT2D eigenvalue weighted by Gasteiger charge is 2.23. The van der Waals surface area contributed by atoms with Gasteiger partial charge in [-0.3, -0.25) is 4.90 Å². The minimum Gasteiger partial charge on any atom is -0.394 e. The van der Waals surface area contributed by atoms with E-state index >= 15 is 0 Å². The van der Waals surface area contributed by atoms with E-state index in [1.165, 1.54) is 0 Å². The maximum absolute atomic E-state index is 13.2. The lowest BCUT2D eigenvalue weighted by Crippen LogP contribution is -2.46. The first-order valence-corrected chi connectivity index (χ1v) is 5.83. The van der Waals surface area contributed by atoms with Crippen LogP contribution in [0.3, 0.4) is 0 Å². The van der Waals surface area contributed by atoms with E-state index in [1.54, 1.807) is 0 Å². The highest BCUT2D eigenvalue weighted by molar-refractivity contribution is 5.85. The quantitative estimate of drug-likeness (QED) is 0.829. The number of nitrogens with one attached hydrogen (secondary N) is 1. The molecule has 1 aromatic rings. The van der Waals surface area contributed by atoms with Crippen molar-refractivity contribution in [2.24, 2.45) is 0 Å². The van der Waals surface area contributed by atoms with Crippen molar-refractivity contribution in [1.82, 2.24) is 10.2 Å². The van der Waals surface area contributed by atoms with Gasteiger partial charge in [-0.15, -0.1) is 12.4 Å². The molecule has 0 aliphatic carbocycles. The third-order valence-electron chi connectivity index (χ3n) is 3.16. The monoisotopic (exact) mass is 296 g/mol. The van der Waals surface area contributed by atoms with Gasteiger partial charge in [0, 0.05) is 26.2 Å². The summed E-state index contributed by atoms with van der Waals surface area (Å²) in [4.78, 5) is 1.92. The van der Waals surface area contributed by atoms with Gasteiger partial charge in [-0.05, 0) is 17.7 Å². The molecule has 7 heteroatoms. The van der Waals surface area contributed by atoms with Crippen LogP contribution in [0.4, 0.5) is 13.2 Å². The standard InChI is InChI=1S/C12H15F3N2O.ClH/c13-9-5-8(6-10(14)12(9)15)11(7-18)17-3-1-16-2-4-17;/h5-6,11,16,18H,1-4,7H2;1H/t11-;/m1./s1. The van der Waals surface area contributed by atoms with E-state index in [0.29, 0.717) is 13.1 Å². The summed E-state index contributed by atoms with van der Waals surface area (Å²) in [6, 6.07) is 1.39. The third kappa shape index (κ3) is 3.60. The predicted molar refractivity (Wildman–Crippen MR) is 67.8 cm³/mol. The lowest BCUT2D eigenvalue weighted by molar-refractivity contribution is 0.110. The van der Waals surface area contributed by atoms with Crippen molar-refractivity contribution in [3.63, 3.8) is 0 Å². The first-order valence-electron chi connectivity index (χ1n) is 5.83. The highest BCUT2D eigenvalue weighted by atomic mass is 35.5. The van der Waals surface area contributed by atoms with Crippen LogP contribution in [-0.2, 0) is 0 Å². The van der Waals surface area contributed by atoms with Gasteiger partial charge in [0.1, 0.15) is 0 Å². The second kappa shape index (κ2) is 7.09. The molecule has 108 valence electrons. The molecule has 1 aromatic carbocycles. The van der Waals surface area contributed by atoms with E-state index in [9.17, 15) is 18.3 Å². The number of piperazine rings is 1. The van der Waals surface area contributed by atoms with Gasteiger partial charge in [0.05, 0.1) is 12.6 Å². The lowest BCUT2D eigenvalue weighted by Gasteiger charge is -2.34. The van der Waals surface area contributed by atoms with Crippen LogP contribution in [0.2, 0.25) is 0 Å². The number of aliphatic hydroxyl groups excluding tert-OH is 1. The Hall–Kier alpha value is -0.820. The molecule has 2 rings (SSSR count). The van der Waals surface area contributed by atoms with Crippen LogP contribution >= 0.6 is 12.4 Å². The Balaban J connectivity index is 0.00000180. The number of aliphatic hydroxyl groups is 1. The maximum Gasteiger partial charge on any atom is 0.194 e. The fourth-order valence-electron chi connectivity index (χ4n) is 2.19. The highest BCUT2D eigenvalue weighted by Crippen LogP contribution is 2.24. The van der Waals surface area contributed by atoms with Crippen LogP contribution in [0.15, 0.2) is 12.1 Å². The fourth-order valence-corrected chi connectivity index (χ4v) is 2.19. The smallest absolute Gasteiger partial charge is 0.194 e. The average Bonchev–Trinajstić information content (AvgIpc) is 2.38. The normalized spacial score (nSPS) is 17.9. The Morgan fingerprint density at radius 1 is 1.16 bits per heavy atom. The van der Waals surface area contributed by atoms with Crippen molar-refractivity contribution in [3.8, 4) is 0 Å². The van der Waals surface area contributed by atoms with Gasteiger partial charge in [0.25, 0.3) is 0 Å². The van der Waals surface area contributed by atoms with Crippen molar-refractivity contribution in [1.29, 1.82) is 0 Å². The van der Waals surface area contributed by atoms with E-state index in [2.05, 4.69) is 5.32 Å². The second-order valence-corrected chi connectivity index (χ2v) is 4.28. The van der Waals surface area contributed by atoms with E-state index in [-0.39, 0.29) is 24.6 Å². The SMILES string of the molecule is Cl.OC[C@H](c1cc(F)c(F)c(F)c1)N1CCNCC1. The Labute approximate surface area is 115 Å². The molecule has 0 spiro atoms. The molecule has 1 aliphatic heterocycles. The molecular weight excluding hydrogens is 281 g/mol. The minimum atomic E-state index is -1.48. The minimum absolute atomic E-state index is 0. The molecule has 1 atom stereocenters. The van der Waals surface area contributed by atoms with Gasteiger partial charge < -0.3 is 10.4 Å². The van der Waals surface area contributed by atoms with Gasteiger partial charge in [-0.25, -0.2) is 13.2 Å². The zero-order valence-electron chi connectivity index (χ0n) is 10.2. The van der Waals surface area contributed by atoms with Crippen LogP contribution < -0.4 is 5.32 Å². The zero-order chi connectivity index (χ0) is 13.1. The summed E-state index contributed by atoms with van der Waals surface area (Å²) in [6.45, 7) is 2.59. The molecule has 3 nitrogen and oxygen atoms in total. The van der Waals surface area contributed by atoms with Crippen molar-refractivity contribution >= 4 is 12.4 Å². The van der Waals surface area contributed by atoms with Crippen molar-refractivity contribution in [2.75, 3.05) is 32.8 Å². The summed E-state index contributed by atoms with van der Waals surface area (Å²) in [7, 11) is 0. The number of benzene rings is 1. The number of hydrogen-bond acceptors (Lipinski definition) is 3. The number of nitrogens with zero attached hydrogens (tertiary/aromatic N) is 1. The fraction of sp³-hybridized carbons (Fsp3) is 0.500. The average molecular weight is 297 g/mol. The molecule has 1 saturated heterocycles. The Morgan fingerprint density at radius 3 is 2.16 bits per heavy atom. The molecule has 2 N–H and O–H groups in total. The maximum atomic E-state index is 13.2. The molecule has 0 bridgehead atoms. The molecule has 0 aromatic heterocycles. The van der Waals surface area contributed by atoms with Crippen LogP contribution in [0.5, 0.6) is 0 Å². The Morgan fingerprint density at radius 2 is 1.68 bits per heavy atom. The van der Waals surface area contributed by atoms with Gasteiger partial charge in [0.2, 0.25) is 0 Å². The topological polar surface area (TPSA) is 35.5 Å². The summed E-state index contributed by atoms with van der Waals surface area (Å²) in [5.41, 5.74) is 0.260. The van der Waals surface area contributed by atoms with E-state index in [4.69, 9.17) is 0 Å². The van der Waals surface area contributed by atoms with E-state index in [1.807, 2.05) is 4.90 Å². The molecular formula is C12H16ClF3N2O. The molecule has 0 unspecified atom stereocenters. The van der Waals surface area contributed by atoms with Gasteiger partial charge >= 0.3 is 0 Å². The van der Waals surface area contributed by atoms with Crippen LogP contribution in [0.25, 0.3) is 0 Å². The first kappa shape index (κ1) is 16.2. The first-order chi connectivity index (χ1) is 8.63. The van der Waals surface area contributed by atoms with Crippen molar-refractivity contribution < 1.29 is 18.3 Å². The Kier molecular flexibility index (Phi) is 6.06. The number of rotatable bonds is 3. The van der Waals surface area contributed by atoms with Gasteiger partial charge in [-0.2, -0.15) is 0 Å². The van der Waals surface area contributed by atoms with E-state index in [0.717, 1.165) is 25.2 Å². The van der Waals surface area contributed by atoms with Crippen LogP contribution in [0, 0.1) is 17.5 Å². The molecule has 1 heterocycles. The lowest BCUT2D eigenvalue weighted by atomic mass is 10.0. The largest absolute Gasteiger partial charge is 0.394 e. The Bertz CT molecular complexity index is 404. The summed E-state index contributed by atoms with van der Waals surface area (Å²) in [5.74, 6) is -3.92. The second-order valence-electron chi connectivity index (χ2n) is 4.28. The summed E-state index contributed by atoms with van der Waals surface area (Å²) in [6.07, 6.45) is 0. The summed E-state index contributed by atoms with van der Waals surface area (Å²) < 4.78 is 39.2. The molecule has 1 aliphatic rings. The van der Waals surface area contributed by atoms with Gasteiger partial charge in [-0.1, -0.05) is 0 Å². The molecule has 1 fully saturated rings. The van der Waals surface area contributed by atoms with Crippen LogP contribution in [0.1, 0.15) is 11.6 Å². The van der Waals surface area contributed by atoms with Crippen LogP contribution in [-0.4, -0.2) is 42.8 Å². The third-order valence-corrected chi connectivity index (χ3v) is 3.16. The number of hydrogen-bond donors (Lipinski definition) is 2. The van der Waals surface area contributed by atoms with Gasteiger partial charge in [0.15, 0.2) is 17.5 Å². The zero-order valence-corrected chi connectivity index (χ0v) is 11.0. The summed E-state index contributed by atoms with van der Waals surface area (Å²) >= 11 is 0. The number of halogens is 4. The van der Waals surface area contributed by atoms with Crippen molar-refractivity contribution in [2.45, 2.75) is 6.04 Å². The molecule has 0 radical (unpaired) electrons. The predicted octanol–water partition coefficient (Wildman–Crippen LogP) is 1.46. The van der Waals surface area contributed by atoms with E-state index < -0.39 is 23.5 Å². The summed E-state index contributed by atoms with van der Waals surface area (Å²) in [5, 5.41) is 12.5.